The van der Waals surface area contributed by atoms with Crippen LogP contribution in [-0.2, 0) is 9.84 Å². The second kappa shape index (κ2) is 2.26. The van der Waals surface area contributed by atoms with Crippen LogP contribution in [0.3, 0.4) is 0 Å². The Morgan fingerprint density at radius 1 is 1.64 bits per heavy atom. The molecule has 0 N–H and O–H groups in total. The van der Waals surface area contributed by atoms with Gasteiger partial charge < -0.3 is 0 Å². The number of hydrogen-bond acceptors (Lipinski definition) is 3. The Kier molecular flexibility index (Phi) is 1.67. The van der Waals surface area contributed by atoms with Crippen molar-refractivity contribution < 1.29 is 17.3 Å². The summed E-state index contributed by atoms with van der Waals surface area (Å²) in [4.78, 5) is -1.12. The lowest BCUT2D eigenvalue weighted by Crippen LogP contribution is -1.97. The molecule has 0 aliphatic heterocycles. The molecule has 0 unspecified atom stereocenters. The quantitative estimate of drug-likeness (QED) is 0.621. The van der Waals surface area contributed by atoms with E-state index in [1.165, 1.54) is 0 Å². The van der Waals surface area contributed by atoms with Crippen LogP contribution in [0.25, 0.3) is 0 Å². The maximum atomic E-state index is 12.4. The van der Waals surface area contributed by atoms with Gasteiger partial charge in [0, 0.05) is 6.26 Å². The summed E-state index contributed by atoms with van der Waals surface area (Å²) in [6.45, 7) is 0. The predicted octanol–water partition coefficient (Wildman–Crippen LogP) is 0.158. The van der Waals surface area contributed by atoms with Crippen LogP contribution in [0.4, 0.5) is 8.87 Å². The molecule has 1 aromatic heterocycles. The summed E-state index contributed by atoms with van der Waals surface area (Å²) >= 11 is 0. The molecular weight excluding hydrogens is 178 g/mol. The Morgan fingerprint density at radius 3 is 2.36 bits per heavy atom. The summed E-state index contributed by atoms with van der Waals surface area (Å²) in [6.07, 6.45) is 1.23. The largest absolute Gasteiger partial charge is 0.254 e. The summed E-state index contributed by atoms with van der Waals surface area (Å²) in [5.74, 6) is -1.32. The number of sulfone groups is 1. The lowest BCUT2D eigenvalue weighted by atomic mass is 10.7. The molecule has 4 nitrogen and oxygen atoms in total. The summed E-state index contributed by atoms with van der Waals surface area (Å²) in [6, 6.07) is 0. The van der Waals surface area contributed by atoms with Gasteiger partial charge in [-0.1, -0.05) is 9.39 Å². The van der Waals surface area contributed by atoms with Gasteiger partial charge >= 0.3 is 0 Å². The minimum Gasteiger partial charge on any atom is -0.224 e. The Morgan fingerprint density at radius 2 is 2.18 bits per heavy atom. The molecule has 0 fully saturated rings. The summed E-state index contributed by atoms with van der Waals surface area (Å²) < 4.78 is 45.6. The highest BCUT2D eigenvalue weighted by Gasteiger charge is 2.17. The molecule has 0 aliphatic carbocycles. The van der Waals surface area contributed by atoms with Crippen molar-refractivity contribution in [1.29, 1.82) is 0 Å². The highest BCUT2D eigenvalue weighted by Crippen LogP contribution is 2.11. The molecule has 62 valence electrons. The molecule has 11 heavy (non-hydrogen) atoms. The normalized spacial score (nSPS) is 11.9. The second-order valence-corrected chi connectivity index (χ2v) is 3.93. The summed E-state index contributed by atoms with van der Waals surface area (Å²) in [7, 11) is -3.71. The van der Waals surface area contributed by atoms with Gasteiger partial charge in [-0.25, -0.2) is 8.42 Å². The predicted molar refractivity (Wildman–Crippen MR) is 31.8 cm³/mol. The van der Waals surface area contributed by atoms with E-state index in [0.717, 1.165) is 6.26 Å². The first kappa shape index (κ1) is 8.12. The van der Waals surface area contributed by atoms with E-state index in [1.807, 2.05) is 0 Å². The maximum absolute atomic E-state index is 12.4. The number of hydrogen-bond donors (Lipinski definition) is 0. The van der Waals surface area contributed by atoms with Crippen molar-refractivity contribution in [3.8, 4) is 0 Å². The first-order valence-electron chi connectivity index (χ1n) is 2.52. The maximum Gasteiger partial charge on any atom is 0.254 e. The average molecular weight is 182 g/mol. The molecule has 0 radical (unpaired) electrons. The smallest absolute Gasteiger partial charge is 0.224 e. The van der Waals surface area contributed by atoms with Crippen LogP contribution in [-0.4, -0.2) is 24.7 Å². The third-order valence-corrected chi connectivity index (χ3v) is 2.08. The topological polar surface area (TPSA) is 52.0 Å². The Labute approximate surface area is 61.3 Å². The molecule has 1 aromatic rings. The van der Waals surface area contributed by atoms with Gasteiger partial charge in [0.2, 0.25) is 0 Å². The Hall–Kier alpha value is -0.980. The monoisotopic (exact) mass is 182 g/mol. The highest BCUT2D eigenvalue weighted by molar-refractivity contribution is 7.90. The van der Waals surface area contributed by atoms with Gasteiger partial charge in [-0.2, -0.15) is 4.39 Å². The van der Waals surface area contributed by atoms with Gasteiger partial charge in [-0.3, -0.25) is 0 Å². The van der Waals surface area contributed by atoms with Crippen molar-refractivity contribution in [2.24, 2.45) is 0 Å². The zero-order valence-electron chi connectivity index (χ0n) is 5.45. The van der Waals surface area contributed by atoms with E-state index in [9.17, 15) is 17.3 Å². The lowest BCUT2D eigenvalue weighted by molar-refractivity contribution is 0.303. The van der Waals surface area contributed by atoms with Gasteiger partial charge in [-0.15, -0.1) is 5.10 Å². The molecule has 0 aromatic carbocycles. The molecule has 0 bridgehead atoms. The SMILES string of the molecule is CS(=O)(=O)c1cn(F)nc1F. The number of halogens is 2. The van der Waals surface area contributed by atoms with E-state index in [0.29, 0.717) is 6.20 Å². The van der Waals surface area contributed by atoms with Gasteiger partial charge in [0.25, 0.3) is 5.95 Å². The summed E-state index contributed by atoms with van der Waals surface area (Å²) in [5.41, 5.74) is 0. The fraction of sp³-hybridized carbons (Fsp3) is 0.250. The standard InChI is InChI=1S/C4H4F2N2O2S/c1-11(9,10)3-2-8(6)7-4(3)5/h2H,1H3. The second-order valence-electron chi connectivity index (χ2n) is 1.94. The van der Waals surface area contributed by atoms with Gasteiger partial charge in [0.1, 0.15) is 4.90 Å². The van der Waals surface area contributed by atoms with Crippen molar-refractivity contribution in [2.75, 3.05) is 6.26 Å². The zero-order chi connectivity index (χ0) is 8.65. The number of nitrogens with zero attached hydrogens (tertiary/aromatic N) is 2. The lowest BCUT2D eigenvalue weighted by Gasteiger charge is -1.87. The molecule has 0 saturated carbocycles. The third-order valence-electron chi connectivity index (χ3n) is 1.01. The van der Waals surface area contributed by atoms with E-state index < -0.39 is 20.7 Å². The Bertz CT molecular complexity index is 369. The molecule has 0 spiro atoms. The van der Waals surface area contributed by atoms with E-state index in [1.54, 1.807) is 0 Å². The minimum atomic E-state index is -3.71. The van der Waals surface area contributed by atoms with Gasteiger partial charge in [-0.05, 0) is 0 Å². The molecular formula is C4H4F2N2O2S. The molecule has 1 rings (SSSR count). The molecule has 0 aliphatic rings. The van der Waals surface area contributed by atoms with E-state index in [2.05, 4.69) is 5.10 Å². The van der Waals surface area contributed by atoms with E-state index in [-0.39, 0.29) is 4.90 Å². The zero-order valence-corrected chi connectivity index (χ0v) is 6.27. The first-order chi connectivity index (χ1) is 4.91. The number of rotatable bonds is 1. The van der Waals surface area contributed by atoms with Crippen molar-refractivity contribution >= 4 is 9.84 Å². The molecule has 0 amide bonds. The van der Waals surface area contributed by atoms with E-state index >= 15 is 0 Å². The minimum absolute atomic E-state index is 0.383. The van der Waals surface area contributed by atoms with Crippen LogP contribution < -0.4 is 0 Å². The molecule has 1 heterocycles. The van der Waals surface area contributed by atoms with Gasteiger partial charge in [0.05, 0.1) is 6.20 Å². The van der Waals surface area contributed by atoms with Crippen LogP contribution in [0, 0.1) is 5.95 Å². The molecule has 0 saturated heterocycles. The number of aromatic nitrogens is 2. The van der Waals surface area contributed by atoms with E-state index in [4.69, 9.17) is 0 Å². The molecule has 7 heteroatoms. The van der Waals surface area contributed by atoms with Crippen LogP contribution >= 0.6 is 0 Å². The van der Waals surface area contributed by atoms with Crippen LogP contribution in [0.2, 0.25) is 0 Å². The van der Waals surface area contributed by atoms with Gasteiger partial charge in [0.15, 0.2) is 9.84 Å². The van der Waals surface area contributed by atoms with Crippen LogP contribution in [0.15, 0.2) is 11.1 Å². The molecule has 0 atom stereocenters. The average Bonchev–Trinajstić information content (AvgIpc) is 2.08. The van der Waals surface area contributed by atoms with Crippen LogP contribution in [0.1, 0.15) is 0 Å². The highest BCUT2D eigenvalue weighted by atomic mass is 32.2. The fourth-order valence-corrected chi connectivity index (χ4v) is 1.19. The Balaban J connectivity index is 3.36. The van der Waals surface area contributed by atoms with Crippen molar-refractivity contribution in [3.05, 3.63) is 12.1 Å². The van der Waals surface area contributed by atoms with Crippen molar-refractivity contribution in [2.45, 2.75) is 4.90 Å². The summed E-state index contributed by atoms with van der Waals surface area (Å²) in [5, 5.41) is 2.58. The van der Waals surface area contributed by atoms with Crippen molar-refractivity contribution in [3.63, 3.8) is 0 Å². The van der Waals surface area contributed by atoms with Crippen LogP contribution in [0.5, 0.6) is 0 Å². The first-order valence-corrected chi connectivity index (χ1v) is 4.42. The fourth-order valence-electron chi connectivity index (χ4n) is 0.561. The third kappa shape index (κ3) is 1.53. The van der Waals surface area contributed by atoms with Crippen molar-refractivity contribution in [1.82, 2.24) is 10.0 Å².